The first-order valence-corrected chi connectivity index (χ1v) is 9.86. The minimum absolute atomic E-state index is 0.0393. The van der Waals surface area contributed by atoms with E-state index in [0.717, 1.165) is 28.5 Å². The SMILES string of the molecule is CCN(Cc1cc(OC)c(OC)c(OC)c1)Cc1cc(=O)n2c(C)csc2n1. The number of thiazole rings is 1. The highest BCUT2D eigenvalue weighted by molar-refractivity contribution is 7.15. The van der Waals surface area contributed by atoms with Crippen LogP contribution in [0.2, 0.25) is 0 Å². The number of nitrogens with zero attached hydrogens (tertiary/aromatic N) is 3. The Labute approximate surface area is 168 Å². The van der Waals surface area contributed by atoms with Crippen molar-refractivity contribution in [3.63, 3.8) is 0 Å². The summed E-state index contributed by atoms with van der Waals surface area (Å²) in [5.74, 6) is 1.82. The summed E-state index contributed by atoms with van der Waals surface area (Å²) in [7, 11) is 4.80. The van der Waals surface area contributed by atoms with E-state index < -0.39 is 0 Å². The van der Waals surface area contributed by atoms with Crippen molar-refractivity contribution < 1.29 is 14.2 Å². The fourth-order valence-corrected chi connectivity index (χ4v) is 4.07. The Balaban J connectivity index is 1.86. The summed E-state index contributed by atoms with van der Waals surface area (Å²) in [6.07, 6.45) is 0. The lowest BCUT2D eigenvalue weighted by atomic mass is 10.1. The summed E-state index contributed by atoms with van der Waals surface area (Å²) >= 11 is 1.48. The Morgan fingerprint density at radius 3 is 2.32 bits per heavy atom. The molecule has 0 atom stereocenters. The van der Waals surface area contributed by atoms with Gasteiger partial charge < -0.3 is 14.2 Å². The van der Waals surface area contributed by atoms with Crippen molar-refractivity contribution in [3.8, 4) is 17.2 Å². The van der Waals surface area contributed by atoms with Crippen LogP contribution in [0.25, 0.3) is 4.96 Å². The maximum absolute atomic E-state index is 12.4. The molecule has 0 spiro atoms. The summed E-state index contributed by atoms with van der Waals surface area (Å²) in [6, 6.07) is 5.50. The van der Waals surface area contributed by atoms with Gasteiger partial charge in [0.25, 0.3) is 5.56 Å². The molecule has 0 aliphatic heterocycles. The standard InChI is InChI=1S/C20H25N3O4S/c1-6-22(10-14-7-16(25-3)19(27-5)17(8-14)26-4)11-15-9-18(24)23-13(2)12-28-20(23)21-15/h7-9,12H,6,10-11H2,1-5H3. The lowest BCUT2D eigenvalue weighted by Crippen LogP contribution is -2.25. The third-order valence-corrected chi connectivity index (χ3v) is 5.54. The number of aromatic nitrogens is 2. The zero-order chi connectivity index (χ0) is 20.3. The molecular weight excluding hydrogens is 378 g/mol. The molecule has 1 aromatic carbocycles. The Morgan fingerprint density at radius 2 is 1.75 bits per heavy atom. The fourth-order valence-electron chi connectivity index (χ4n) is 3.18. The normalized spacial score (nSPS) is 11.2. The van der Waals surface area contributed by atoms with E-state index >= 15 is 0 Å². The van der Waals surface area contributed by atoms with Crippen LogP contribution in [0.1, 0.15) is 23.9 Å². The zero-order valence-electron chi connectivity index (χ0n) is 16.8. The van der Waals surface area contributed by atoms with Crippen molar-refractivity contribution in [2.24, 2.45) is 0 Å². The van der Waals surface area contributed by atoms with E-state index in [9.17, 15) is 4.79 Å². The molecule has 2 aromatic heterocycles. The van der Waals surface area contributed by atoms with E-state index in [1.807, 2.05) is 24.4 Å². The molecule has 3 aromatic rings. The average Bonchev–Trinajstić information content (AvgIpc) is 3.07. The van der Waals surface area contributed by atoms with Gasteiger partial charge in [-0.05, 0) is 31.2 Å². The molecular formula is C20H25N3O4S. The molecule has 150 valence electrons. The van der Waals surface area contributed by atoms with Gasteiger partial charge in [-0.3, -0.25) is 14.1 Å². The number of ether oxygens (including phenoxy) is 3. The Morgan fingerprint density at radius 1 is 1.07 bits per heavy atom. The summed E-state index contributed by atoms with van der Waals surface area (Å²) in [4.78, 5) is 20.0. The van der Waals surface area contributed by atoms with Crippen molar-refractivity contribution in [1.29, 1.82) is 0 Å². The summed E-state index contributed by atoms with van der Waals surface area (Å²) in [5, 5.41) is 1.95. The summed E-state index contributed by atoms with van der Waals surface area (Å²) in [5.41, 5.74) is 2.67. The van der Waals surface area contributed by atoms with E-state index in [4.69, 9.17) is 14.2 Å². The Hall–Kier alpha value is -2.58. The second-order valence-corrected chi connectivity index (χ2v) is 7.25. The molecule has 8 heteroatoms. The molecule has 28 heavy (non-hydrogen) atoms. The lowest BCUT2D eigenvalue weighted by Gasteiger charge is -2.21. The van der Waals surface area contributed by atoms with Gasteiger partial charge in [0.1, 0.15) is 0 Å². The fraction of sp³-hybridized carbons (Fsp3) is 0.400. The Bertz CT molecular complexity index is 1000. The van der Waals surface area contributed by atoms with Crippen molar-refractivity contribution >= 4 is 16.3 Å². The Kier molecular flexibility index (Phi) is 6.21. The van der Waals surface area contributed by atoms with Crippen LogP contribution >= 0.6 is 11.3 Å². The van der Waals surface area contributed by atoms with E-state index in [1.54, 1.807) is 31.8 Å². The lowest BCUT2D eigenvalue weighted by molar-refractivity contribution is 0.266. The molecule has 2 heterocycles. The third kappa shape index (κ3) is 3.98. The molecule has 0 bridgehead atoms. The van der Waals surface area contributed by atoms with Crippen LogP contribution in [0.15, 0.2) is 28.4 Å². The molecule has 3 rings (SSSR count). The van der Waals surface area contributed by atoms with Gasteiger partial charge in [-0.1, -0.05) is 6.92 Å². The number of hydrogen-bond donors (Lipinski definition) is 0. The summed E-state index contributed by atoms with van der Waals surface area (Å²) < 4.78 is 17.9. The number of rotatable bonds is 8. The predicted octanol–water partition coefficient (Wildman–Crippen LogP) is 3.11. The molecule has 0 N–H and O–H groups in total. The van der Waals surface area contributed by atoms with Gasteiger partial charge >= 0.3 is 0 Å². The molecule has 0 fully saturated rings. The van der Waals surface area contributed by atoms with Crippen molar-refractivity contribution in [2.75, 3.05) is 27.9 Å². The zero-order valence-corrected chi connectivity index (χ0v) is 17.6. The van der Waals surface area contributed by atoms with Gasteiger partial charge in [0, 0.05) is 30.2 Å². The number of aryl methyl sites for hydroxylation is 1. The highest BCUT2D eigenvalue weighted by Gasteiger charge is 2.16. The van der Waals surface area contributed by atoms with E-state index in [1.165, 1.54) is 11.3 Å². The van der Waals surface area contributed by atoms with Crippen LogP contribution in [0.4, 0.5) is 0 Å². The monoisotopic (exact) mass is 403 g/mol. The maximum Gasteiger partial charge on any atom is 0.259 e. The van der Waals surface area contributed by atoms with E-state index in [0.29, 0.717) is 30.3 Å². The second kappa shape index (κ2) is 8.62. The number of fused-ring (bicyclic) bond motifs is 1. The van der Waals surface area contributed by atoms with Gasteiger partial charge in [0.15, 0.2) is 16.5 Å². The maximum atomic E-state index is 12.4. The molecule has 0 radical (unpaired) electrons. The quantitative estimate of drug-likeness (QED) is 0.576. The largest absolute Gasteiger partial charge is 0.493 e. The topological polar surface area (TPSA) is 65.3 Å². The van der Waals surface area contributed by atoms with Crippen LogP contribution in [-0.4, -0.2) is 42.2 Å². The summed E-state index contributed by atoms with van der Waals surface area (Å²) in [6.45, 7) is 6.04. The number of methoxy groups -OCH3 is 3. The van der Waals surface area contributed by atoms with Gasteiger partial charge in [0.05, 0.1) is 27.0 Å². The minimum atomic E-state index is -0.0393. The number of hydrogen-bond acceptors (Lipinski definition) is 7. The smallest absolute Gasteiger partial charge is 0.259 e. The molecule has 7 nitrogen and oxygen atoms in total. The van der Waals surface area contributed by atoms with Crippen LogP contribution in [0, 0.1) is 6.92 Å². The second-order valence-electron chi connectivity index (χ2n) is 6.42. The first-order chi connectivity index (χ1) is 13.5. The van der Waals surface area contributed by atoms with Gasteiger partial charge in [-0.25, -0.2) is 4.98 Å². The molecule has 0 aliphatic carbocycles. The molecule has 0 amide bonds. The highest BCUT2D eigenvalue weighted by Crippen LogP contribution is 2.38. The molecule has 0 aliphatic rings. The van der Waals surface area contributed by atoms with Crippen LogP contribution < -0.4 is 19.8 Å². The minimum Gasteiger partial charge on any atom is -0.493 e. The first kappa shape index (κ1) is 20.2. The van der Waals surface area contributed by atoms with Gasteiger partial charge in [-0.15, -0.1) is 11.3 Å². The average molecular weight is 404 g/mol. The third-order valence-electron chi connectivity index (χ3n) is 4.59. The van der Waals surface area contributed by atoms with Crippen molar-refractivity contribution in [1.82, 2.24) is 14.3 Å². The van der Waals surface area contributed by atoms with E-state index in [2.05, 4.69) is 16.8 Å². The highest BCUT2D eigenvalue weighted by atomic mass is 32.1. The molecule has 0 saturated heterocycles. The van der Waals surface area contributed by atoms with Gasteiger partial charge in [-0.2, -0.15) is 0 Å². The van der Waals surface area contributed by atoms with Crippen molar-refractivity contribution in [2.45, 2.75) is 26.9 Å². The molecule has 0 saturated carbocycles. The number of benzene rings is 1. The van der Waals surface area contributed by atoms with Crippen molar-refractivity contribution in [3.05, 3.63) is 50.9 Å². The van der Waals surface area contributed by atoms with Gasteiger partial charge in [0.2, 0.25) is 5.75 Å². The van der Waals surface area contributed by atoms with E-state index in [-0.39, 0.29) is 5.56 Å². The van der Waals surface area contributed by atoms with Crippen LogP contribution in [0.5, 0.6) is 17.2 Å². The van der Waals surface area contributed by atoms with Crippen LogP contribution in [0.3, 0.4) is 0 Å². The van der Waals surface area contributed by atoms with Crippen LogP contribution in [-0.2, 0) is 13.1 Å². The molecule has 0 unspecified atom stereocenters. The predicted molar refractivity (Wildman–Crippen MR) is 110 cm³/mol. The first-order valence-electron chi connectivity index (χ1n) is 8.98.